The van der Waals surface area contributed by atoms with Gasteiger partial charge < -0.3 is 10.2 Å². The van der Waals surface area contributed by atoms with E-state index in [-0.39, 0.29) is 17.5 Å². The summed E-state index contributed by atoms with van der Waals surface area (Å²) in [5.41, 5.74) is 0.772. The molecule has 1 aromatic carbocycles. The van der Waals surface area contributed by atoms with E-state index >= 15 is 0 Å². The second kappa shape index (κ2) is 7.65. The number of rotatable bonds is 5. The molecular formula is C17H20ClN5O2. The van der Waals surface area contributed by atoms with Crippen LogP contribution in [0.15, 0.2) is 30.6 Å². The SMILES string of the molecule is CC1CCCCN1c1ncnc(NCc2ccccc2Cl)c1[N+](=O)[O-]. The Kier molecular flexibility index (Phi) is 5.33. The molecule has 0 aliphatic carbocycles. The van der Waals surface area contributed by atoms with E-state index in [4.69, 9.17) is 11.6 Å². The summed E-state index contributed by atoms with van der Waals surface area (Å²) in [4.78, 5) is 21.6. The molecule has 132 valence electrons. The van der Waals surface area contributed by atoms with Gasteiger partial charge in [0, 0.05) is 24.2 Å². The third-order valence-electron chi connectivity index (χ3n) is 4.46. The molecule has 0 bridgehead atoms. The highest BCUT2D eigenvalue weighted by Gasteiger charge is 2.30. The maximum Gasteiger partial charge on any atom is 0.353 e. The molecule has 1 aromatic heterocycles. The van der Waals surface area contributed by atoms with Crippen LogP contribution in [0.25, 0.3) is 0 Å². The van der Waals surface area contributed by atoms with Crippen molar-refractivity contribution >= 4 is 28.9 Å². The van der Waals surface area contributed by atoms with Crippen molar-refractivity contribution in [3.05, 3.63) is 51.3 Å². The van der Waals surface area contributed by atoms with Crippen LogP contribution in [0.1, 0.15) is 31.7 Å². The zero-order chi connectivity index (χ0) is 17.8. The minimum Gasteiger partial charge on any atom is -0.360 e. The Balaban J connectivity index is 1.90. The number of nitro groups is 1. The molecule has 1 saturated heterocycles. The van der Waals surface area contributed by atoms with Gasteiger partial charge in [-0.3, -0.25) is 10.1 Å². The molecule has 0 radical (unpaired) electrons. The summed E-state index contributed by atoms with van der Waals surface area (Å²) < 4.78 is 0. The molecule has 0 amide bonds. The third kappa shape index (κ3) is 3.82. The van der Waals surface area contributed by atoms with Gasteiger partial charge in [0.2, 0.25) is 11.6 Å². The maximum atomic E-state index is 11.7. The Morgan fingerprint density at radius 1 is 1.36 bits per heavy atom. The first-order chi connectivity index (χ1) is 12.1. The van der Waals surface area contributed by atoms with E-state index in [1.165, 1.54) is 6.33 Å². The zero-order valence-corrected chi connectivity index (χ0v) is 14.7. The minimum atomic E-state index is -0.411. The predicted octanol–water partition coefficient (Wildman–Crippen LogP) is 4.03. The monoisotopic (exact) mass is 361 g/mol. The molecule has 25 heavy (non-hydrogen) atoms. The number of halogens is 1. The Morgan fingerprint density at radius 2 is 2.16 bits per heavy atom. The summed E-state index contributed by atoms with van der Waals surface area (Å²) in [6.45, 7) is 3.19. The topological polar surface area (TPSA) is 84.2 Å². The van der Waals surface area contributed by atoms with Gasteiger partial charge in [-0.25, -0.2) is 9.97 Å². The van der Waals surface area contributed by atoms with Crippen molar-refractivity contribution < 1.29 is 4.92 Å². The fourth-order valence-corrected chi connectivity index (χ4v) is 3.31. The zero-order valence-electron chi connectivity index (χ0n) is 14.0. The first-order valence-electron chi connectivity index (χ1n) is 8.31. The van der Waals surface area contributed by atoms with E-state index < -0.39 is 4.92 Å². The van der Waals surface area contributed by atoms with E-state index in [9.17, 15) is 10.1 Å². The second-order valence-corrected chi connectivity index (χ2v) is 6.54. The van der Waals surface area contributed by atoms with Crippen LogP contribution in [0.2, 0.25) is 5.02 Å². The number of hydrogen-bond acceptors (Lipinski definition) is 6. The summed E-state index contributed by atoms with van der Waals surface area (Å²) in [6.07, 6.45) is 4.52. The number of anilines is 2. The maximum absolute atomic E-state index is 11.7. The third-order valence-corrected chi connectivity index (χ3v) is 4.83. The van der Waals surface area contributed by atoms with Crippen molar-refractivity contribution in [1.29, 1.82) is 0 Å². The van der Waals surface area contributed by atoms with E-state index in [1.807, 2.05) is 23.1 Å². The predicted molar refractivity (Wildman–Crippen MR) is 98.1 cm³/mol. The quantitative estimate of drug-likeness (QED) is 0.639. The van der Waals surface area contributed by atoms with Crippen LogP contribution in [0, 0.1) is 10.1 Å². The summed E-state index contributed by atoms with van der Waals surface area (Å²) in [5, 5.41) is 15.4. The number of hydrogen-bond donors (Lipinski definition) is 1. The first kappa shape index (κ1) is 17.4. The minimum absolute atomic E-state index is 0.0803. The number of nitrogens with zero attached hydrogens (tertiary/aromatic N) is 4. The van der Waals surface area contributed by atoms with Gasteiger partial charge in [0.15, 0.2) is 0 Å². The lowest BCUT2D eigenvalue weighted by Crippen LogP contribution is -2.38. The van der Waals surface area contributed by atoms with Crippen molar-refractivity contribution in [3.8, 4) is 0 Å². The van der Waals surface area contributed by atoms with Gasteiger partial charge in [-0.1, -0.05) is 29.8 Å². The van der Waals surface area contributed by atoms with Gasteiger partial charge in [0.05, 0.1) is 4.92 Å². The molecule has 2 heterocycles. The summed E-state index contributed by atoms with van der Waals surface area (Å²) >= 11 is 6.15. The molecule has 0 saturated carbocycles. The van der Waals surface area contributed by atoms with Gasteiger partial charge in [0.1, 0.15) is 6.33 Å². The summed E-state index contributed by atoms with van der Waals surface area (Å²) in [5.74, 6) is 0.599. The van der Waals surface area contributed by atoms with Crippen molar-refractivity contribution in [2.75, 3.05) is 16.8 Å². The molecule has 0 spiro atoms. The van der Waals surface area contributed by atoms with Crippen molar-refractivity contribution in [1.82, 2.24) is 9.97 Å². The van der Waals surface area contributed by atoms with E-state index in [0.29, 0.717) is 17.4 Å². The van der Waals surface area contributed by atoms with Gasteiger partial charge in [-0.2, -0.15) is 0 Å². The van der Waals surface area contributed by atoms with Gasteiger partial charge >= 0.3 is 5.69 Å². The van der Waals surface area contributed by atoms with Crippen LogP contribution in [-0.4, -0.2) is 27.5 Å². The molecule has 1 aliphatic rings. The van der Waals surface area contributed by atoms with Crippen molar-refractivity contribution in [2.45, 2.75) is 38.8 Å². The molecule has 1 N–H and O–H groups in total. The highest BCUT2D eigenvalue weighted by Crippen LogP contribution is 2.35. The number of nitrogens with one attached hydrogen (secondary N) is 1. The fourth-order valence-electron chi connectivity index (χ4n) is 3.11. The smallest absolute Gasteiger partial charge is 0.353 e. The first-order valence-corrected chi connectivity index (χ1v) is 8.69. The van der Waals surface area contributed by atoms with E-state index in [2.05, 4.69) is 22.2 Å². The van der Waals surface area contributed by atoms with Crippen LogP contribution in [-0.2, 0) is 6.54 Å². The number of aromatic nitrogens is 2. The van der Waals surface area contributed by atoms with Gasteiger partial charge in [-0.05, 0) is 37.8 Å². The largest absolute Gasteiger partial charge is 0.360 e. The standard InChI is InChI=1S/C17H20ClN5O2/c1-12-6-4-5-9-22(12)17-15(23(24)25)16(20-11-21-17)19-10-13-7-2-3-8-14(13)18/h2-3,7-8,11-12H,4-6,9-10H2,1H3,(H,19,20,21). The Bertz CT molecular complexity index is 770. The highest BCUT2D eigenvalue weighted by atomic mass is 35.5. The molecular weight excluding hydrogens is 342 g/mol. The lowest BCUT2D eigenvalue weighted by atomic mass is 10.0. The van der Waals surface area contributed by atoms with Crippen LogP contribution in [0.3, 0.4) is 0 Å². The molecule has 1 aliphatic heterocycles. The van der Waals surface area contributed by atoms with Gasteiger partial charge in [-0.15, -0.1) is 0 Å². The number of piperidine rings is 1. The van der Waals surface area contributed by atoms with Crippen LogP contribution < -0.4 is 10.2 Å². The molecule has 2 aromatic rings. The molecule has 1 fully saturated rings. The summed E-state index contributed by atoms with van der Waals surface area (Å²) in [6, 6.07) is 7.59. The molecule has 1 atom stereocenters. The molecule has 3 rings (SSSR count). The summed E-state index contributed by atoms with van der Waals surface area (Å²) in [7, 11) is 0. The van der Waals surface area contributed by atoms with Crippen LogP contribution in [0.5, 0.6) is 0 Å². The van der Waals surface area contributed by atoms with E-state index in [0.717, 1.165) is 31.4 Å². The van der Waals surface area contributed by atoms with E-state index in [1.54, 1.807) is 6.07 Å². The average molecular weight is 362 g/mol. The highest BCUT2D eigenvalue weighted by molar-refractivity contribution is 6.31. The van der Waals surface area contributed by atoms with Crippen molar-refractivity contribution in [2.24, 2.45) is 0 Å². The lowest BCUT2D eigenvalue weighted by molar-refractivity contribution is -0.383. The normalized spacial score (nSPS) is 17.4. The Morgan fingerprint density at radius 3 is 2.88 bits per heavy atom. The molecule has 8 heteroatoms. The molecule has 1 unspecified atom stereocenters. The molecule has 7 nitrogen and oxygen atoms in total. The lowest BCUT2D eigenvalue weighted by Gasteiger charge is -2.33. The fraction of sp³-hybridized carbons (Fsp3) is 0.412. The Labute approximate surface area is 151 Å². The van der Waals surface area contributed by atoms with Crippen LogP contribution >= 0.6 is 11.6 Å². The Hall–Kier alpha value is -2.41. The number of benzene rings is 1. The van der Waals surface area contributed by atoms with Gasteiger partial charge in [0.25, 0.3) is 0 Å². The second-order valence-electron chi connectivity index (χ2n) is 6.13. The average Bonchev–Trinajstić information content (AvgIpc) is 2.61. The van der Waals surface area contributed by atoms with Crippen molar-refractivity contribution in [3.63, 3.8) is 0 Å². The van der Waals surface area contributed by atoms with Crippen LogP contribution in [0.4, 0.5) is 17.3 Å².